The second-order valence-corrected chi connectivity index (χ2v) is 5.55. The Labute approximate surface area is 108 Å². The van der Waals surface area contributed by atoms with Crippen molar-refractivity contribution in [2.24, 2.45) is 11.8 Å². The van der Waals surface area contributed by atoms with E-state index >= 15 is 0 Å². The lowest BCUT2D eigenvalue weighted by molar-refractivity contribution is 0.0762. The van der Waals surface area contributed by atoms with E-state index in [1.165, 1.54) is 12.8 Å². The van der Waals surface area contributed by atoms with Gasteiger partial charge in [-0.2, -0.15) is 0 Å². The van der Waals surface area contributed by atoms with Gasteiger partial charge >= 0.3 is 0 Å². The van der Waals surface area contributed by atoms with Crippen molar-refractivity contribution in [1.29, 1.82) is 0 Å². The van der Waals surface area contributed by atoms with E-state index in [1.807, 2.05) is 0 Å². The highest BCUT2D eigenvalue weighted by Crippen LogP contribution is 2.30. The highest BCUT2D eigenvalue weighted by Gasteiger charge is 2.37. The van der Waals surface area contributed by atoms with Crippen molar-refractivity contribution in [1.82, 2.24) is 10.3 Å². The summed E-state index contributed by atoms with van der Waals surface area (Å²) >= 11 is 0. The van der Waals surface area contributed by atoms with E-state index in [0.717, 1.165) is 25.2 Å². The van der Waals surface area contributed by atoms with Crippen molar-refractivity contribution >= 4 is 0 Å². The molecule has 0 saturated heterocycles. The third-order valence-electron chi connectivity index (χ3n) is 4.38. The highest BCUT2D eigenvalue weighted by atomic mass is 15.3. The number of nitrogens with one attached hydrogen (secondary N) is 1. The predicted molar refractivity (Wildman–Crippen MR) is 76.8 cm³/mol. The Balaban J connectivity index is 4.78. The molecule has 0 aliphatic rings. The Morgan fingerprint density at radius 1 is 1.18 bits per heavy atom. The van der Waals surface area contributed by atoms with Gasteiger partial charge in [0.2, 0.25) is 0 Å². The summed E-state index contributed by atoms with van der Waals surface area (Å²) in [6, 6.07) is 0.369. The summed E-state index contributed by atoms with van der Waals surface area (Å²) in [4.78, 5) is 2.34. The van der Waals surface area contributed by atoms with Crippen LogP contribution < -0.4 is 11.3 Å². The molecule has 3 heteroatoms. The van der Waals surface area contributed by atoms with Crippen LogP contribution in [0, 0.1) is 5.92 Å². The zero-order valence-electron chi connectivity index (χ0n) is 12.7. The van der Waals surface area contributed by atoms with E-state index < -0.39 is 0 Å². The Hall–Kier alpha value is -0.120. The van der Waals surface area contributed by atoms with Gasteiger partial charge in [0.15, 0.2) is 0 Å². The fraction of sp³-hybridized carbons (Fsp3) is 1.00. The molecule has 0 aromatic rings. The van der Waals surface area contributed by atoms with Gasteiger partial charge < -0.3 is 4.90 Å². The molecular weight excluding hydrogens is 210 g/mol. The number of hydrogen-bond donors (Lipinski definition) is 2. The van der Waals surface area contributed by atoms with Gasteiger partial charge in [-0.25, -0.2) is 0 Å². The van der Waals surface area contributed by atoms with Gasteiger partial charge in [0, 0.05) is 11.6 Å². The van der Waals surface area contributed by atoms with Crippen LogP contribution >= 0.6 is 0 Å². The normalized spacial score (nSPS) is 16.2. The summed E-state index contributed by atoms with van der Waals surface area (Å²) in [7, 11) is 4.34. The maximum atomic E-state index is 5.82. The number of rotatable bonds is 9. The van der Waals surface area contributed by atoms with E-state index in [-0.39, 0.29) is 5.54 Å². The molecule has 0 aliphatic carbocycles. The molecule has 0 aromatic carbocycles. The lowest BCUT2D eigenvalue weighted by Crippen LogP contribution is -2.60. The average Bonchev–Trinajstić information content (AvgIpc) is 2.29. The summed E-state index contributed by atoms with van der Waals surface area (Å²) in [5, 5.41) is 0. The van der Waals surface area contributed by atoms with Crippen molar-refractivity contribution < 1.29 is 0 Å². The zero-order valence-corrected chi connectivity index (χ0v) is 12.7. The topological polar surface area (TPSA) is 41.3 Å². The van der Waals surface area contributed by atoms with Crippen LogP contribution in [-0.4, -0.2) is 30.6 Å². The van der Waals surface area contributed by atoms with Crippen LogP contribution in [-0.2, 0) is 0 Å². The summed E-state index contributed by atoms with van der Waals surface area (Å²) in [5.74, 6) is 6.55. The summed E-state index contributed by atoms with van der Waals surface area (Å²) in [6.45, 7) is 9.11. The molecule has 0 spiro atoms. The van der Waals surface area contributed by atoms with Crippen molar-refractivity contribution in [3.63, 3.8) is 0 Å². The number of hydrogen-bond acceptors (Lipinski definition) is 3. The van der Waals surface area contributed by atoms with Crippen LogP contribution in [0.1, 0.15) is 59.8 Å². The van der Waals surface area contributed by atoms with Crippen molar-refractivity contribution in [3.8, 4) is 0 Å². The highest BCUT2D eigenvalue weighted by molar-refractivity contribution is 4.96. The maximum Gasteiger partial charge on any atom is 0.0396 e. The first-order valence-corrected chi connectivity index (χ1v) is 7.11. The zero-order chi connectivity index (χ0) is 13.5. The second-order valence-electron chi connectivity index (χ2n) is 5.55. The fourth-order valence-electron chi connectivity index (χ4n) is 3.14. The van der Waals surface area contributed by atoms with Gasteiger partial charge in [-0.3, -0.25) is 11.3 Å². The Morgan fingerprint density at radius 3 is 2.00 bits per heavy atom. The van der Waals surface area contributed by atoms with Gasteiger partial charge in [0.05, 0.1) is 0 Å². The van der Waals surface area contributed by atoms with Gasteiger partial charge in [-0.05, 0) is 39.3 Å². The van der Waals surface area contributed by atoms with Gasteiger partial charge in [-0.1, -0.05) is 40.5 Å². The van der Waals surface area contributed by atoms with Crippen LogP contribution in [0.25, 0.3) is 0 Å². The molecule has 3 nitrogen and oxygen atoms in total. The van der Waals surface area contributed by atoms with Crippen molar-refractivity contribution in [2.45, 2.75) is 71.4 Å². The van der Waals surface area contributed by atoms with Gasteiger partial charge in [0.25, 0.3) is 0 Å². The first-order chi connectivity index (χ1) is 7.98. The molecule has 104 valence electrons. The minimum Gasteiger partial charge on any atom is -0.302 e. The van der Waals surface area contributed by atoms with Crippen LogP contribution in [0.5, 0.6) is 0 Å². The second kappa shape index (κ2) is 8.06. The fourth-order valence-corrected chi connectivity index (χ4v) is 3.14. The summed E-state index contributed by atoms with van der Waals surface area (Å²) in [6.07, 6.45) is 5.96. The van der Waals surface area contributed by atoms with E-state index in [9.17, 15) is 0 Å². The SMILES string of the molecule is CCCC(C)CC(NN)C(CC)(CC)N(C)C. The Kier molecular flexibility index (Phi) is 8.01. The van der Waals surface area contributed by atoms with E-state index in [2.05, 4.69) is 52.1 Å². The molecule has 2 atom stereocenters. The smallest absolute Gasteiger partial charge is 0.0396 e. The predicted octanol–water partition coefficient (Wildman–Crippen LogP) is 2.77. The van der Waals surface area contributed by atoms with Crippen LogP contribution in [0.15, 0.2) is 0 Å². The number of nitrogens with two attached hydrogens (primary N) is 1. The number of hydrazine groups is 1. The molecule has 17 heavy (non-hydrogen) atoms. The molecule has 0 fully saturated rings. The third kappa shape index (κ3) is 4.23. The Morgan fingerprint density at radius 2 is 1.71 bits per heavy atom. The van der Waals surface area contributed by atoms with Crippen LogP contribution in [0.4, 0.5) is 0 Å². The molecule has 0 heterocycles. The average molecular weight is 243 g/mol. The molecular formula is C14H33N3. The van der Waals surface area contributed by atoms with Gasteiger partial charge in [-0.15, -0.1) is 0 Å². The van der Waals surface area contributed by atoms with Crippen LogP contribution in [0.3, 0.4) is 0 Å². The summed E-state index contributed by atoms with van der Waals surface area (Å²) < 4.78 is 0. The molecule has 0 aromatic heterocycles. The van der Waals surface area contributed by atoms with Crippen LogP contribution in [0.2, 0.25) is 0 Å². The minimum atomic E-state index is 0.177. The number of nitrogens with zero attached hydrogens (tertiary/aromatic N) is 1. The quantitative estimate of drug-likeness (QED) is 0.483. The lowest BCUT2D eigenvalue weighted by atomic mass is 9.79. The van der Waals surface area contributed by atoms with E-state index in [4.69, 9.17) is 5.84 Å². The first-order valence-electron chi connectivity index (χ1n) is 7.11. The third-order valence-corrected chi connectivity index (χ3v) is 4.38. The molecule has 0 radical (unpaired) electrons. The monoisotopic (exact) mass is 243 g/mol. The van der Waals surface area contributed by atoms with Crippen molar-refractivity contribution in [3.05, 3.63) is 0 Å². The van der Waals surface area contributed by atoms with E-state index in [0.29, 0.717) is 6.04 Å². The molecule has 0 amide bonds. The minimum absolute atomic E-state index is 0.177. The van der Waals surface area contributed by atoms with Crippen molar-refractivity contribution in [2.75, 3.05) is 14.1 Å². The van der Waals surface area contributed by atoms with Gasteiger partial charge in [0.1, 0.15) is 0 Å². The molecule has 0 saturated carbocycles. The van der Waals surface area contributed by atoms with E-state index in [1.54, 1.807) is 0 Å². The largest absolute Gasteiger partial charge is 0.302 e. The molecule has 2 unspecified atom stereocenters. The standard InChI is InChI=1S/C14H33N3/c1-7-10-12(4)11-13(16-15)14(8-2,9-3)17(5)6/h12-13,16H,7-11,15H2,1-6H3. The molecule has 0 rings (SSSR count). The first kappa shape index (κ1) is 16.9. The lowest BCUT2D eigenvalue weighted by Gasteiger charge is -2.45. The molecule has 0 aliphatic heterocycles. The summed E-state index contributed by atoms with van der Waals surface area (Å²) in [5.41, 5.74) is 3.25. The molecule has 0 bridgehead atoms. The molecule has 3 N–H and O–H groups in total. The number of likely N-dealkylation sites (N-methyl/N-ethyl adjacent to an activating group) is 1. The maximum absolute atomic E-state index is 5.82. The Bertz CT molecular complexity index is 188.